The van der Waals surface area contributed by atoms with Crippen molar-refractivity contribution in [3.8, 4) is 0 Å². The molecule has 0 saturated heterocycles. The van der Waals surface area contributed by atoms with E-state index < -0.39 is 0 Å². The molecule has 0 unspecified atom stereocenters. The minimum Gasteiger partial charge on any atom is -0.341 e. The van der Waals surface area contributed by atoms with Gasteiger partial charge in [0.15, 0.2) is 0 Å². The third-order valence-corrected chi connectivity index (χ3v) is 3.55. The van der Waals surface area contributed by atoms with Crippen LogP contribution >= 0.6 is 11.8 Å². The molecule has 0 bridgehead atoms. The Hall–Kier alpha value is -1.49. The first-order chi connectivity index (χ1) is 8.61. The van der Waals surface area contributed by atoms with Crippen molar-refractivity contribution in [2.45, 2.75) is 6.42 Å². The minimum absolute atomic E-state index is 0.00648. The zero-order valence-electron chi connectivity index (χ0n) is 10.5. The summed E-state index contributed by atoms with van der Waals surface area (Å²) >= 11 is 1.71. The van der Waals surface area contributed by atoms with E-state index in [-0.39, 0.29) is 11.8 Å². The number of anilines is 1. The summed E-state index contributed by atoms with van der Waals surface area (Å²) in [6.45, 7) is 0.726. The number of thioether (sulfide) groups is 1. The van der Waals surface area contributed by atoms with E-state index in [0.29, 0.717) is 12.0 Å². The van der Waals surface area contributed by atoms with E-state index in [4.69, 9.17) is 0 Å². The number of carbonyl (C=O) groups is 2. The van der Waals surface area contributed by atoms with E-state index in [2.05, 4.69) is 5.32 Å². The minimum atomic E-state index is -0.00895. The maximum atomic E-state index is 12.1. The molecule has 0 aliphatic carbocycles. The molecular formula is C13H16N2O2S. The topological polar surface area (TPSA) is 49.4 Å². The van der Waals surface area contributed by atoms with Gasteiger partial charge in [-0.25, -0.2) is 0 Å². The fourth-order valence-corrected chi connectivity index (χ4v) is 2.35. The third kappa shape index (κ3) is 2.67. The second-order valence-electron chi connectivity index (χ2n) is 4.32. The van der Waals surface area contributed by atoms with Crippen LogP contribution in [0.1, 0.15) is 15.9 Å². The molecule has 0 fully saturated rings. The van der Waals surface area contributed by atoms with Gasteiger partial charge in [0.25, 0.3) is 5.91 Å². The van der Waals surface area contributed by atoms with Gasteiger partial charge in [-0.15, -0.1) is 0 Å². The summed E-state index contributed by atoms with van der Waals surface area (Å²) in [4.78, 5) is 25.1. The Labute approximate surface area is 111 Å². The fourth-order valence-electron chi connectivity index (χ4n) is 1.90. The van der Waals surface area contributed by atoms with Gasteiger partial charge in [0, 0.05) is 30.6 Å². The van der Waals surface area contributed by atoms with Gasteiger partial charge < -0.3 is 10.2 Å². The molecule has 0 radical (unpaired) electrons. The summed E-state index contributed by atoms with van der Waals surface area (Å²) in [5, 5.41) is 2.76. The summed E-state index contributed by atoms with van der Waals surface area (Å²) in [6, 6.07) is 5.40. The molecule has 0 spiro atoms. The number of benzene rings is 1. The van der Waals surface area contributed by atoms with Gasteiger partial charge in [-0.1, -0.05) is 6.07 Å². The molecule has 0 saturated carbocycles. The quantitative estimate of drug-likeness (QED) is 0.899. The Morgan fingerprint density at radius 1 is 1.50 bits per heavy atom. The predicted octanol–water partition coefficient (Wildman–Crippen LogP) is 1.62. The Morgan fingerprint density at radius 3 is 3.00 bits per heavy atom. The smallest absolute Gasteiger partial charge is 0.253 e. The van der Waals surface area contributed by atoms with Crippen LogP contribution in [-0.4, -0.2) is 42.3 Å². The van der Waals surface area contributed by atoms with Crippen molar-refractivity contribution in [2.24, 2.45) is 0 Å². The second kappa shape index (κ2) is 5.44. The average Bonchev–Trinajstić information content (AvgIpc) is 2.73. The Morgan fingerprint density at radius 2 is 2.28 bits per heavy atom. The molecule has 96 valence electrons. The van der Waals surface area contributed by atoms with Gasteiger partial charge >= 0.3 is 0 Å². The van der Waals surface area contributed by atoms with E-state index in [1.807, 2.05) is 12.3 Å². The van der Waals surface area contributed by atoms with Crippen LogP contribution in [0.4, 0.5) is 5.69 Å². The third-order valence-electron chi connectivity index (χ3n) is 2.96. The number of amides is 2. The van der Waals surface area contributed by atoms with Crippen LogP contribution in [0, 0.1) is 0 Å². The fraction of sp³-hybridized carbons (Fsp3) is 0.385. The van der Waals surface area contributed by atoms with Gasteiger partial charge in [-0.3, -0.25) is 9.59 Å². The van der Waals surface area contributed by atoms with Crippen molar-refractivity contribution in [3.05, 3.63) is 29.3 Å². The van der Waals surface area contributed by atoms with E-state index >= 15 is 0 Å². The predicted molar refractivity (Wildman–Crippen MR) is 74.1 cm³/mol. The number of rotatable bonds is 4. The van der Waals surface area contributed by atoms with Gasteiger partial charge in [0.2, 0.25) is 5.91 Å². The zero-order chi connectivity index (χ0) is 13.1. The van der Waals surface area contributed by atoms with E-state index in [9.17, 15) is 9.59 Å². The molecule has 1 aromatic rings. The number of carbonyl (C=O) groups excluding carboxylic acids is 2. The molecule has 4 nitrogen and oxygen atoms in total. The number of fused-ring (bicyclic) bond motifs is 1. The lowest BCUT2D eigenvalue weighted by Gasteiger charge is -2.16. The highest BCUT2D eigenvalue weighted by Gasteiger charge is 2.20. The molecule has 1 N–H and O–H groups in total. The summed E-state index contributed by atoms with van der Waals surface area (Å²) in [7, 11) is 1.80. The summed E-state index contributed by atoms with van der Waals surface area (Å²) in [6.07, 6.45) is 2.43. The summed E-state index contributed by atoms with van der Waals surface area (Å²) in [5.41, 5.74) is 2.35. The molecule has 0 aromatic heterocycles. The molecule has 1 aromatic carbocycles. The van der Waals surface area contributed by atoms with E-state index in [1.165, 1.54) is 0 Å². The van der Waals surface area contributed by atoms with Crippen molar-refractivity contribution in [1.82, 2.24) is 4.90 Å². The monoisotopic (exact) mass is 264 g/mol. The number of hydrogen-bond donors (Lipinski definition) is 1. The van der Waals surface area contributed by atoms with Crippen molar-refractivity contribution >= 4 is 29.3 Å². The molecular weight excluding hydrogens is 248 g/mol. The lowest BCUT2D eigenvalue weighted by atomic mass is 10.1. The highest BCUT2D eigenvalue weighted by Crippen LogP contribution is 2.24. The lowest BCUT2D eigenvalue weighted by molar-refractivity contribution is -0.115. The summed E-state index contributed by atoms with van der Waals surface area (Å²) < 4.78 is 0. The summed E-state index contributed by atoms with van der Waals surface area (Å²) in [5.74, 6) is 0.905. The number of nitrogens with zero attached hydrogens (tertiary/aromatic N) is 1. The first-order valence-electron chi connectivity index (χ1n) is 5.79. The maximum absolute atomic E-state index is 12.1. The van der Waals surface area contributed by atoms with Crippen LogP contribution in [0.3, 0.4) is 0 Å². The highest BCUT2D eigenvalue weighted by molar-refractivity contribution is 7.98. The molecule has 1 aliphatic heterocycles. The van der Waals surface area contributed by atoms with Crippen molar-refractivity contribution in [2.75, 3.05) is 30.9 Å². The van der Waals surface area contributed by atoms with Crippen LogP contribution < -0.4 is 5.32 Å². The lowest BCUT2D eigenvalue weighted by Crippen LogP contribution is -2.28. The van der Waals surface area contributed by atoms with Crippen molar-refractivity contribution < 1.29 is 9.59 Å². The normalized spacial score (nSPS) is 13.1. The van der Waals surface area contributed by atoms with Crippen LogP contribution in [0.25, 0.3) is 0 Å². The molecule has 2 amide bonds. The molecule has 2 rings (SSSR count). The first kappa shape index (κ1) is 13.0. The molecule has 18 heavy (non-hydrogen) atoms. The standard InChI is InChI=1S/C13H16N2O2S/c1-15(5-6-18-2)13(17)10-4-3-9-8-12(16)14-11(9)7-10/h3-4,7H,5-6,8H2,1-2H3,(H,14,16). The Kier molecular flexibility index (Phi) is 3.91. The number of nitrogens with one attached hydrogen (secondary N) is 1. The average molecular weight is 264 g/mol. The van der Waals surface area contributed by atoms with Crippen molar-refractivity contribution in [1.29, 1.82) is 0 Å². The van der Waals surface area contributed by atoms with Crippen LogP contribution in [0.2, 0.25) is 0 Å². The van der Waals surface area contributed by atoms with Crippen molar-refractivity contribution in [3.63, 3.8) is 0 Å². The van der Waals surface area contributed by atoms with E-state index in [1.54, 1.807) is 35.8 Å². The van der Waals surface area contributed by atoms with Gasteiger partial charge in [0.05, 0.1) is 6.42 Å². The molecule has 5 heteroatoms. The zero-order valence-corrected chi connectivity index (χ0v) is 11.3. The van der Waals surface area contributed by atoms with Gasteiger partial charge in [-0.2, -0.15) is 11.8 Å². The Bertz CT molecular complexity index is 488. The van der Waals surface area contributed by atoms with Crippen LogP contribution in [0.15, 0.2) is 18.2 Å². The Balaban J connectivity index is 2.12. The van der Waals surface area contributed by atoms with Crippen LogP contribution in [0.5, 0.6) is 0 Å². The largest absolute Gasteiger partial charge is 0.341 e. The highest BCUT2D eigenvalue weighted by atomic mass is 32.2. The molecule has 1 heterocycles. The number of hydrogen-bond acceptors (Lipinski definition) is 3. The van der Waals surface area contributed by atoms with Crippen LogP contribution in [-0.2, 0) is 11.2 Å². The molecule has 0 atom stereocenters. The molecule has 1 aliphatic rings. The van der Waals surface area contributed by atoms with Gasteiger partial charge in [-0.05, 0) is 24.0 Å². The SMILES string of the molecule is CSCCN(C)C(=O)c1ccc2c(c1)NC(=O)C2. The van der Waals surface area contributed by atoms with Gasteiger partial charge in [0.1, 0.15) is 0 Å². The first-order valence-corrected chi connectivity index (χ1v) is 7.18. The maximum Gasteiger partial charge on any atom is 0.253 e. The van der Waals surface area contributed by atoms with E-state index in [0.717, 1.165) is 23.5 Å². The second-order valence-corrected chi connectivity index (χ2v) is 5.30.